The molecular weight excluding hydrogens is 377 g/mol. The summed E-state index contributed by atoms with van der Waals surface area (Å²) in [4.78, 5) is 4.15. The molecule has 118 valence electrons. The minimum atomic E-state index is 0. The van der Waals surface area contributed by atoms with Crippen molar-refractivity contribution in [3.63, 3.8) is 0 Å². The van der Waals surface area contributed by atoms with Gasteiger partial charge in [-0.1, -0.05) is 42.5 Å². The molecule has 0 fully saturated rings. The van der Waals surface area contributed by atoms with E-state index in [0.717, 1.165) is 31.6 Å². The van der Waals surface area contributed by atoms with Crippen molar-refractivity contribution in [1.29, 1.82) is 0 Å². The van der Waals surface area contributed by atoms with E-state index in [1.54, 1.807) is 0 Å². The van der Waals surface area contributed by atoms with E-state index in [1.807, 2.05) is 25.1 Å². The van der Waals surface area contributed by atoms with Crippen molar-refractivity contribution in [3.05, 3.63) is 48.0 Å². The van der Waals surface area contributed by atoms with Crippen LogP contribution in [0.25, 0.3) is 0 Å². The molecule has 0 atom stereocenters. The van der Waals surface area contributed by atoms with Crippen LogP contribution in [0.5, 0.6) is 0 Å². The molecule has 0 aliphatic rings. The smallest absolute Gasteiger partial charge is 0.188 e. The summed E-state index contributed by atoms with van der Waals surface area (Å²) in [6.07, 6.45) is 2.02. The summed E-state index contributed by atoms with van der Waals surface area (Å²) in [5.41, 5.74) is 7.92. The Labute approximate surface area is 144 Å². The molecule has 0 aromatic heterocycles. The molecule has 0 spiro atoms. The van der Waals surface area contributed by atoms with Gasteiger partial charge in [0.25, 0.3) is 0 Å². The summed E-state index contributed by atoms with van der Waals surface area (Å²) in [6.45, 7) is 8.55. The molecule has 0 amide bonds. The van der Waals surface area contributed by atoms with Crippen LogP contribution in [0.3, 0.4) is 0 Å². The molecule has 0 bridgehead atoms. The predicted octanol–water partition coefficient (Wildman–Crippen LogP) is 3.08. The van der Waals surface area contributed by atoms with Gasteiger partial charge in [-0.15, -0.1) is 24.0 Å². The highest BCUT2D eigenvalue weighted by molar-refractivity contribution is 14.0. The van der Waals surface area contributed by atoms with Crippen molar-refractivity contribution in [1.82, 2.24) is 5.32 Å². The highest BCUT2D eigenvalue weighted by Crippen LogP contribution is 2.01. The van der Waals surface area contributed by atoms with E-state index in [0.29, 0.717) is 19.1 Å². The molecule has 0 aliphatic carbocycles. The third-order valence-electron chi connectivity index (χ3n) is 2.65. The molecule has 0 saturated carbocycles. The van der Waals surface area contributed by atoms with Gasteiger partial charge in [0, 0.05) is 13.2 Å². The third kappa shape index (κ3) is 11.3. The maximum atomic E-state index is 5.71. The highest BCUT2D eigenvalue weighted by Gasteiger charge is 1.94. The average Bonchev–Trinajstić information content (AvgIpc) is 2.45. The lowest BCUT2D eigenvalue weighted by atomic mass is 10.2. The molecule has 1 aromatic rings. The zero-order chi connectivity index (χ0) is 14.6. The SMILES string of the molecule is C=C(C)CN=C(N)NCCCCOCc1ccccc1.I. The summed E-state index contributed by atoms with van der Waals surface area (Å²) < 4.78 is 5.60. The first-order chi connectivity index (χ1) is 9.68. The van der Waals surface area contributed by atoms with Gasteiger partial charge in [0.1, 0.15) is 0 Å². The van der Waals surface area contributed by atoms with E-state index in [-0.39, 0.29) is 24.0 Å². The average molecular weight is 403 g/mol. The maximum absolute atomic E-state index is 5.71. The van der Waals surface area contributed by atoms with E-state index in [2.05, 4.69) is 29.0 Å². The number of rotatable bonds is 9. The largest absolute Gasteiger partial charge is 0.377 e. The van der Waals surface area contributed by atoms with Crippen molar-refractivity contribution < 1.29 is 4.74 Å². The van der Waals surface area contributed by atoms with Gasteiger partial charge < -0.3 is 15.8 Å². The predicted molar refractivity (Wildman–Crippen MR) is 100 cm³/mol. The fraction of sp³-hybridized carbons (Fsp3) is 0.438. The van der Waals surface area contributed by atoms with Gasteiger partial charge >= 0.3 is 0 Å². The fourth-order valence-corrected chi connectivity index (χ4v) is 1.59. The van der Waals surface area contributed by atoms with Crippen LogP contribution >= 0.6 is 24.0 Å². The number of nitrogens with zero attached hydrogens (tertiary/aromatic N) is 1. The molecule has 1 rings (SSSR count). The minimum absolute atomic E-state index is 0. The van der Waals surface area contributed by atoms with Crippen LogP contribution in [0, 0.1) is 0 Å². The molecule has 4 nitrogen and oxygen atoms in total. The van der Waals surface area contributed by atoms with Gasteiger partial charge in [0.2, 0.25) is 0 Å². The first kappa shape index (κ1) is 19.9. The summed E-state index contributed by atoms with van der Waals surface area (Å²) in [5.74, 6) is 0.484. The lowest BCUT2D eigenvalue weighted by molar-refractivity contribution is 0.117. The Kier molecular flexibility index (Phi) is 12.0. The number of hydrogen-bond donors (Lipinski definition) is 2. The number of halogens is 1. The second-order valence-electron chi connectivity index (χ2n) is 4.83. The Bertz CT molecular complexity index is 421. The van der Waals surface area contributed by atoms with Gasteiger partial charge in [-0.05, 0) is 25.3 Å². The van der Waals surface area contributed by atoms with Gasteiger partial charge in [-0.2, -0.15) is 0 Å². The second-order valence-corrected chi connectivity index (χ2v) is 4.83. The van der Waals surface area contributed by atoms with Crippen molar-refractivity contribution in [2.45, 2.75) is 26.4 Å². The van der Waals surface area contributed by atoms with Crippen LogP contribution in [-0.4, -0.2) is 25.7 Å². The molecular formula is C16H26IN3O. The van der Waals surface area contributed by atoms with E-state index >= 15 is 0 Å². The van der Waals surface area contributed by atoms with Crippen LogP contribution in [-0.2, 0) is 11.3 Å². The van der Waals surface area contributed by atoms with Gasteiger partial charge in [0.05, 0.1) is 13.2 Å². The Balaban J connectivity index is 0.00000400. The van der Waals surface area contributed by atoms with Gasteiger partial charge in [-0.3, -0.25) is 0 Å². The van der Waals surface area contributed by atoms with Crippen molar-refractivity contribution in [2.75, 3.05) is 19.7 Å². The Hall–Kier alpha value is -1.08. The van der Waals surface area contributed by atoms with Crippen molar-refractivity contribution in [2.24, 2.45) is 10.7 Å². The lowest BCUT2D eigenvalue weighted by Gasteiger charge is -2.06. The minimum Gasteiger partial charge on any atom is -0.377 e. The summed E-state index contributed by atoms with van der Waals surface area (Å²) in [7, 11) is 0. The highest BCUT2D eigenvalue weighted by atomic mass is 127. The van der Waals surface area contributed by atoms with Crippen molar-refractivity contribution in [3.8, 4) is 0 Å². The van der Waals surface area contributed by atoms with Crippen LogP contribution in [0.2, 0.25) is 0 Å². The van der Waals surface area contributed by atoms with Crippen molar-refractivity contribution >= 4 is 29.9 Å². The topological polar surface area (TPSA) is 59.6 Å². The molecule has 5 heteroatoms. The molecule has 21 heavy (non-hydrogen) atoms. The van der Waals surface area contributed by atoms with Gasteiger partial charge in [-0.25, -0.2) is 4.99 Å². The van der Waals surface area contributed by atoms with Crippen LogP contribution in [0.15, 0.2) is 47.5 Å². The number of unbranched alkanes of at least 4 members (excludes halogenated alkanes) is 1. The first-order valence-electron chi connectivity index (χ1n) is 6.98. The summed E-state index contributed by atoms with van der Waals surface area (Å²) >= 11 is 0. The summed E-state index contributed by atoms with van der Waals surface area (Å²) in [6, 6.07) is 10.2. The standard InChI is InChI=1S/C16H25N3O.HI/c1-14(2)12-19-16(17)18-10-6-7-11-20-13-15-8-4-3-5-9-15;/h3-5,8-9H,1,6-7,10-13H2,2H3,(H3,17,18,19);1H. The Morgan fingerprint density at radius 1 is 1.29 bits per heavy atom. The fourth-order valence-electron chi connectivity index (χ4n) is 1.59. The third-order valence-corrected chi connectivity index (χ3v) is 2.65. The van der Waals surface area contributed by atoms with E-state index in [1.165, 1.54) is 5.56 Å². The molecule has 0 saturated heterocycles. The quantitative estimate of drug-likeness (QED) is 0.219. The molecule has 0 radical (unpaired) electrons. The second kappa shape index (κ2) is 12.6. The van der Waals surface area contributed by atoms with Gasteiger partial charge in [0.15, 0.2) is 5.96 Å². The van der Waals surface area contributed by atoms with E-state index in [9.17, 15) is 0 Å². The maximum Gasteiger partial charge on any atom is 0.188 e. The first-order valence-corrected chi connectivity index (χ1v) is 6.98. The van der Waals surface area contributed by atoms with E-state index < -0.39 is 0 Å². The molecule has 0 aliphatic heterocycles. The number of nitrogens with one attached hydrogen (secondary N) is 1. The number of guanidine groups is 1. The molecule has 0 heterocycles. The van der Waals surface area contributed by atoms with E-state index in [4.69, 9.17) is 10.5 Å². The Morgan fingerprint density at radius 2 is 2.00 bits per heavy atom. The van der Waals surface area contributed by atoms with Crippen LogP contribution < -0.4 is 11.1 Å². The van der Waals surface area contributed by atoms with Crippen LogP contribution in [0.1, 0.15) is 25.3 Å². The normalized spacial score (nSPS) is 10.8. The lowest BCUT2D eigenvalue weighted by Crippen LogP contribution is -2.32. The number of benzene rings is 1. The number of ether oxygens (including phenoxy) is 1. The zero-order valence-electron chi connectivity index (χ0n) is 12.7. The molecule has 3 N–H and O–H groups in total. The Morgan fingerprint density at radius 3 is 2.67 bits per heavy atom. The molecule has 1 aromatic carbocycles. The van der Waals surface area contributed by atoms with Crippen LogP contribution in [0.4, 0.5) is 0 Å². The zero-order valence-corrected chi connectivity index (χ0v) is 15.0. The monoisotopic (exact) mass is 403 g/mol. The number of hydrogen-bond acceptors (Lipinski definition) is 2. The summed E-state index contributed by atoms with van der Waals surface area (Å²) in [5, 5.41) is 3.08. The molecule has 0 unspecified atom stereocenters. The number of nitrogens with two attached hydrogens (primary N) is 1. The number of aliphatic imine (C=N–C) groups is 1.